The average molecular weight is 332 g/mol. The van der Waals surface area contributed by atoms with Gasteiger partial charge in [-0.2, -0.15) is 0 Å². The lowest BCUT2D eigenvalue weighted by Crippen LogP contribution is -2.30. The smallest absolute Gasteiger partial charge is 0.308 e. The number of aromatic nitrogens is 2. The molecule has 1 atom stereocenters. The summed E-state index contributed by atoms with van der Waals surface area (Å²) in [5.74, 6) is -1.40. The van der Waals surface area contributed by atoms with Gasteiger partial charge in [-0.25, -0.2) is 4.98 Å². The van der Waals surface area contributed by atoms with Gasteiger partial charge in [0.25, 0.3) is 5.91 Å². The van der Waals surface area contributed by atoms with Gasteiger partial charge in [0.05, 0.1) is 11.5 Å². The van der Waals surface area contributed by atoms with Crippen LogP contribution < -0.4 is 0 Å². The monoisotopic (exact) mass is 331 g/mol. The number of amides is 1. The van der Waals surface area contributed by atoms with E-state index in [1.807, 2.05) is 0 Å². The van der Waals surface area contributed by atoms with Crippen LogP contribution in [0.4, 0.5) is 0 Å². The molecule has 0 aliphatic carbocycles. The molecule has 1 aliphatic heterocycles. The summed E-state index contributed by atoms with van der Waals surface area (Å²) >= 11 is 0. The van der Waals surface area contributed by atoms with E-state index in [4.69, 9.17) is 5.11 Å². The molecular weight excluding hydrogens is 317 g/mol. The van der Waals surface area contributed by atoms with Gasteiger partial charge in [0, 0.05) is 31.7 Å². The second-order valence-corrected chi connectivity index (χ2v) is 4.69. The van der Waals surface area contributed by atoms with E-state index in [1.165, 1.54) is 0 Å². The van der Waals surface area contributed by atoms with Crippen molar-refractivity contribution in [2.24, 2.45) is 5.92 Å². The summed E-state index contributed by atoms with van der Waals surface area (Å²) in [6, 6.07) is 3.50. The molecule has 0 bridgehead atoms. The van der Waals surface area contributed by atoms with E-state index >= 15 is 0 Å². The van der Waals surface area contributed by atoms with E-state index in [0.717, 1.165) is 5.65 Å². The molecule has 0 radical (unpaired) electrons. The normalized spacial score (nSPS) is 17.1. The largest absolute Gasteiger partial charge is 0.481 e. The Labute approximate surface area is 133 Å². The van der Waals surface area contributed by atoms with Gasteiger partial charge in [-0.15, -0.1) is 24.8 Å². The number of carbonyl (C=O) groups excluding carboxylic acids is 1. The fourth-order valence-electron chi connectivity index (χ4n) is 2.38. The first-order valence-electron chi connectivity index (χ1n) is 6.10. The van der Waals surface area contributed by atoms with E-state index in [-0.39, 0.29) is 37.3 Å². The summed E-state index contributed by atoms with van der Waals surface area (Å²) < 4.78 is 1.78. The molecule has 114 valence electrons. The molecule has 0 saturated carbocycles. The average Bonchev–Trinajstić information content (AvgIpc) is 3.06. The molecule has 3 rings (SSSR count). The van der Waals surface area contributed by atoms with Crippen LogP contribution in [-0.2, 0) is 4.79 Å². The van der Waals surface area contributed by atoms with Crippen LogP contribution in [0.5, 0.6) is 0 Å². The molecule has 0 spiro atoms. The molecule has 21 heavy (non-hydrogen) atoms. The predicted octanol–water partition coefficient (Wildman–Crippen LogP) is 1.72. The number of pyridine rings is 1. The SMILES string of the molecule is Cl.Cl.O=C(O)C1CCN(C(=O)c2ccc3nccn3c2)C1. The number of hydrogen-bond donors (Lipinski definition) is 1. The number of aliphatic carboxylic acids is 1. The highest BCUT2D eigenvalue weighted by Crippen LogP contribution is 2.19. The molecule has 2 aromatic heterocycles. The van der Waals surface area contributed by atoms with Crippen molar-refractivity contribution in [2.75, 3.05) is 13.1 Å². The van der Waals surface area contributed by atoms with Crippen molar-refractivity contribution in [3.05, 3.63) is 36.3 Å². The topological polar surface area (TPSA) is 74.9 Å². The molecule has 1 unspecified atom stereocenters. The third-order valence-corrected chi connectivity index (χ3v) is 3.46. The van der Waals surface area contributed by atoms with Crippen LogP contribution in [0.2, 0.25) is 0 Å². The number of carboxylic acid groups (broad SMARTS) is 1. The first kappa shape index (κ1) is 17.3. The summed E-state index contributed by atoms with van der Waals surface area (Å²) in [4.78, 5) is 28.9. The van der Waals surface area contributed by atoms with E-state index in [1.54, 1.807) is 40.0 Å². The third kappa shape index (κ3) is 3.28. The Morgan fingerprint density at radius 2 is 2.05 bits per heavy atom. The Morgan fingerprint density at radius 3 is 2.71 bits per heavy atom. The molecule has 1 N–H and O–H groups in total. The zero-order chi connectivity index (χ0) is 13.4. The number of imidazole rings is 1. The highest BCUT2D eigenvalue weighted by molar-refractivity contribution is 5.94. The molecule has 3 heterocycles. The summed E-state index contributed by atoms with van der Waals surface area (Å²) in [5, 5.41) is 8.95. The van der Waals surface area contributed by atoms with Crippen molar-refractivity contribution in [1.82, 2.24) is 14.3 Å². The van der Waals surface area contributed by atoms with Crippen LogP contribution in [0.1, 0.15) is 16.8 Å². The maximum Gasteiger partial charge on any atom is 0.308 e. The van der Waals surface area contributed by atoms with Crippen molar-refractivity contribution >= 4 is 42.3 Å². The van der Waals surface area contributed by atoms with E-state index < -0.39 is 11.9 Å². The maximum absolute atomic E-state index is 12.3. The van der Waals surface area contributed by atoms with Gasteiger partial charge in [-0.1, -0.05) is 0 Å². The first-order valence-corrected chi connectivity index (χ1v) is 6.10. The number of likely N-dealkylation sites (tertiary alicyclic amines) is 1. The lowest BCUT2D eigenvalue weighted by atomic mass is 10.1. The maximum atomic E-state index is 12.3. The van der Waals surface area contributed by atoms with Crippen LogP contribution in [0.25, 0.3) is 5.65 Å². The molecule has 1 fully saturated rings. The fourth-order valence-corrected chi connectivity index (χ4v) is 2.38. The number of nitrogens with zero attached hydrogens (tertiary/aromatic N) is 3. The van der Waals surface area contributed by atoms with Crippen molar-refractivity contribution in [3.63, 3.8) is 0 Å². The van der Waals surface area contributed by atoms with E-state index in [9.17, 15) is 9.59 Å². The van der Waals surface area contributed by atoms with E-state index in [0.29, 0.717) is 18.5 Å². The molecule has 2 aromatic rings. The van der Waals surface area contributed by atoms with Crippen LogP contribution >= 0.6 is 24.8 Å². The first-order chi connectivity index (χ1) is 9.15. The predicted molar refractivity (Wildman–Crippen MR) is 81.3 cm³/mol. The Kier molecular flexibility index (Phi) is 5.57. The molecule has 6 nitrogen and oxygen atoms in total. The molecular formula is C13H15Cl2N3O3. The summed E-state index contributed by atoms with van der Waals surface area (Å²) in [7, 11) is 0. The van der Waals surface area contributed by atoms with Gasteiger partial charge in [0.1, 0.15) is 5.65 Å². The molecule has 8 heteroatoms. The minimum Gasteiger partial charge on any atom is -0.481 e. The highest BCUT2D eigenvalue weighted by atomic mass is 35.5. The molecule has 1 amide bonds. The number of carbonyl (C=O) groups is 2. The Balaban J connectivity index is 0.00000110. The number of halogens is 2. The summed E-state index contributed by atoms with van der Waals surface area (Å²) in [5.41, 5.74) is 1.33. The van der Waals surface area contributed by atoms with Crippen LogP contribution in [-0.4, -0.2) is 44.4 Å². The lowest BCUT2D eigenvalue weighted by molar-refractivity contribution is -0.141. The van der Waals surface area contributed by atoms with Crippen LogP contribution in [0.3, 0.4) is 0 Å². The third-order valence-electron chi connectivity index (χ3n) is 3.46. The van der Waals surface area contributed by atoms with Crippen LogP contribution in [0, 0.1) is 5.92 Å². The molecule has 1 aliphatic rings. The van der Waals surface area contributed by atoms with Gasteiger partial charge < -0.3 is 14.4 Å². The van der Waals surface area contributed by atoms with Crippen LogP contribution in [0.15, 0.2) is 30.7 Å². The second-order valence-electron chi connectivity index (χ2n) is 4.69. The van der Waals surface area contributed by atoms with Crippen molar-refractivity contribution in [2.45, 2.75) is 6.42 Å². The van der Waals surface area contributed by atoms with Gasteiger partial charge in [-0.05, 0) is 18.6 Å². The van der Waals surface area contributed by atoms with Crippen molar-refractivity contribution in [3.8, 4) is 0 Å². The molecule has 0 aromatic carbocycles. The number of carboxylic acids is 1. The summed E-state index contributed by atoms with van der Waals surface area (Å²) in [6.07, 6.45) is 5.68. The summed E-state index contributed by atoms with van der Waals surface area (Å²) in [6.45, 7) is 0.786. The standard InChI is InChI=1S/C13H13N3O3.2ClH/c17-12(16-5-3-10(8-16)13(18)19)9-1-2-11-14-4-6-15(11)7-9;;/h1-2,4,6-7,10H,3,5,8H2,(H,18,19);2*1H. The number of rotatable bonds is 2. The quantitative estimate of drug-likeness (QED) is 0.909. The van der Waals surface area contributed by atoms with Gasteiger partial charge in [0.2, 0.25) is 0 Å². The van der Waals surface area contributed by atoms with Crippen molar-refractivity contribution < 1.29 is 14.7 Å². The minimum atomic E-state index is -0.833. The Morgan fingerprint density at radius 1 is 1.29 bits per heavy atom. The zero-order valence-corrected chi connectivity index (χ0v) is 12.6. The highest BCUT2D eigenvalue weighted by Gasteiger charge is 2.31. The number of fused-ring (bicyclic) bond motifs is 1. The van der Waals surface area contributed by atoms with Gasteiger partial charge in [0.15, 0.2) is 0 Å². The van der Waals surface area contributed by atoms with Gasteiger partial charge in [-0.3, -0.25) is 9.59 Å². The fraction of sp³-hybridized carbons (Fsp3) is 0.308. The minimum absolute atomic E-state index is 0. The lowest BCUT2D eigenvalue weighted by Gasteiger charge is -2.15. The Hall–Kier alpha value is -1.79. The van der Waals surface area contributed by atoms with Crippen molar-refractivity contribution in [1.29, 1.82) is 0 Å². The number of hydrogen-bond acceptors (Lipinski definition) is 3. The zero-order valence-electron chi connectivity index (χ0n) is 11.0. The molecule has 1 saturated heterocycles. The second kappa shape index (κ2) is 6.78. The van der Waals surface area contributed by atoms with E-state index in [2.05, 4.69) is 4.98 Å². The Bertz CT molecular complexity index is 659. The van der Waals surface area contributed by atoms with Gasteiger partial charge >= 0.3 is 5.97 Å².